The number of rotatable bonds is 5. The molecule has 110 valence electrons. The first-order valence-corrected chi connectivity index (χ1v) is 7.34. The molecule has 4 nitrogen and oxygen atoms in total. The molecule has 2 aromatic carbocycles. The summed E-state index contributed by atoms with van der Waals surface area (Å²) in [5, 5.41) is 5.19. The quantitative estimate of drug-likeness (QED) is 0.859. The number of fused-ring (bicyclic) bond motifs is 1. The number of hydrogen-bond donors (Lipinski definition) is 1. The average Bonchev–Trinajstić information content (AvgIpc) is 3.06. The first-order valence-electron chi connectivity index (χ1n) is 7.34. The summed E-state index contributed by atoms with van der Waals surface area (Å²) in [6.07, 6.45) is 1.51. The van der Waals surface area contributed by atoms with Crippen LogP contribution in [0.5, 0.6) is 5.75 Å². The second-order valence-electron chi connectivity index (χ2n) is 5.15. The molecule has 1 aliphatic heterocycles. The number of nitrogens with one attached hydrogen (secondary N) is 1. The summed E-state index contributed by atoms with van der Waals surface area (Å²) in [6, 6.07) is 14.1. The van der Waals surface area contributed by atoms with Crippen molar-refractivity contribution in [1.82, 2.24) is 5.32 Å². The van der Waals surface area contributed by atoms with Crippen LogP contribution in [0.25, 0.3) is 10.8 Å². The lowest BCUT2D eigenvalue weighted by molar-refractivity contribution is -0.130. The highest BCUT2D eigenvalue weighted by atomic mass is 16.5. The molecule has 1 unspecified atom stereocenters. The van der Waals surface area contributed by atoms with E-state index in [0.717, 1.165) is 24.0 Å². The van der Waals surface area contributed by atoms with Crippen molar-refractivity contribution < 1.29 is 14.3 Å². The second kappa shape index (κ2) is 6.59. The molecule has 0 radical (unpaired) electrons. The van der Waals surface area contributed by atoms with Gasteiger partial charge in [-0.2, -0.15) is 0 Å². The van der Waals surface area contributed by atoms with Crippen molar-refractivity contribution in [3.05, 3.63) is 42.5 Å². The zero-order chi connectivity index (χ0) is 14.5. The highest BCUT2D eigenvalue weighted by molar-refractivity contribution is 5.83. The Balaban J connectivity index is 1.46. The third-order valence-electron chi connectivity index (χ3n) is 3.61. The number of benzene rings is 2. The molecule has 0 saturated carbocycles. The van der Waals surface area contributed by atoms with E-state index in [0.29, 0.717) is 19.8 Å². The summed E-state index contributed by atoms with van der Waals surface area (Å²) in [7, 11) is 0. The van der Waals surface area contributed by atoms with Crippen LogP contribution in [-0.2, 0) is 9.53 Å². The molecule has 1 saturated heterocycles. The maximum atomic E-state index is 11.7. The molecule has 0 aromatic heterocycles. The average molecular weight is 285 g/mol. The van der Waals surface area contributed by atoms with Crippen molar-refractivity contribution in [2.24, 2.45) is 0 Å². The Bertz CT molecular complexity index is 620. The van der Waals surface area contributed by atoms with E-state index in [4.69, 9.17) is 9.47 Å². The predicted octanol–water partition coefficient (Wildman–Crippen LogP) is 2.51. The van der Waals surface area contributed by atoms with Crippen LogP contribution in [0.2, 0.25) is 0 Å². The van der Waals surface area contributed by atoms with Crippen molar-refractivity contribution in [3.63, 3.8) is 0 Å². The van der Waals surface area contributed by atoms with Gasteiger partial charge in [-0.05, 0) is 35.7 Å². The normalized spacial score (nSPS) is 17.8. The number of carbonyl (C=O) groups is 1. The number of ether oxygens (including phenoxy) is 2. The lowest BCUT2D eigenvalue weighted by atomic mass is 10.1. The number of carbonyl (C=O) groups excluding carboxylic acids is 1. The number of hydrogen-bond acceptors (Lipinski definition) is 3. The van der Waals surface area contributed by atoms with E-state index in [-0.39, 0.29) is 12.0 Å². The van der Waals surface area contributed by atoms with E-state index in [1.807, 2.05) is 30.3 Å². The van der Waals surface area contributed by atoms with E-state index in [1.165, 1.54) is 5.39 Å². The van der Waals surface area contributed by atoms with Crippen LogP contribution in [0.1, 0.15) is 12.8 Å². The van der Waals surface area contributed by atoms with E-state index in [9.17, 15) is 4.79 Å². The van der Waals surface area contributed by atoms with Crippen LogP contribution >= 0.6 is 0 Å². The zero-order valence-electron chi connectivity index (χ0n) is 11.9. The Labute approximate surface area is 124 Å². The standard InChI is InChI=1S/C17H19NO3/c19-17(16-6-3-10-21-16)18-9-11-20-15-8-7-13-4-1-2-5-14(13)12-15/h1-2,4-5,7-8,12,16H,3,6,9-11H2,(H,18,19). The van der Waals surface area contributed by atoms with Gasteiger partial charge in [-0.3, -0.25) is 4.79 Å². The number of amides is 1. The summed E-state index contributed by atoms with van der Waals surface area (Å²) < 4.78 is 11.0. The minimum atomic E-state index is -0.273. The molecule has 21 heavy (non-hydrogen) atoms. The first-order chi connectivity index (χ1) is 10.3. The van der Waals surface area contributed by atoms with E-state index in [2.05, 4.69) is 17.4 Å². The van der Waals surface area contributed by atoms with Crippen LogP contribution in [0.15, 0.2) is 42.5 Å². The van der Waals surface area contributed by atoms with Crippen molar-refractivity contribution in [2.45, 2.75) is 18.9 Å². The van der Waals surface area contributed by atoms with Gasteiger partial charge in [0.1, 0.15) is 18.5 Å². The maximum Gasteiger partial charge on any atom is 0.249 e. The van der Waals surface area contributed by atoms with Crippen LogP contribution in [0, 0.1) is 0 Å². The van der Waals surface area contributed by atoms with Crippen LogP contribution in [0.4, 0.5) is 0 Å². The molecule has 0 aliphatic carbocycles. The minimum absolute atomic E-state index is 0.0328. The largest absolute Gasteiger partial charge is 0.492 e. The van der Waals surface area contributed by atoms with Gasteiger partial charge in [-0.1, -0.05) is 30.3 Å². The molecule has 1 heterocycles. The maximum absolute atomic E-state index is 11.7. The molecule has 0 spiro atoms. The molecule has 0 bridgehead atoms. The summed E-state index contributed by atoms with van der Waals surface area (Å²) in [4.78, 5) is 11.7. The Hall–Kier alpha value is -2.07. The fourth-order valence-corrected chi connectivity index (χ4v) is 2.50. The smallest absolute Gasteiger partial charge is 0.249 e. The third-order valence-corrected chi connectivity index (χ3v) is 3.61. The van der Waals surface area contributed by atoms with Crippen molar-refractivity contribution in [2.75, 3.05) is 19.8 Å². The van der Waals surface area contributed by atoms with Gasteiger partial charge in [-0.25, -0.2) is 0 Å². The Morgan fingerprint density at radius 1 is 1.24 bits per heavy atom. The second-order valence-corrected chi connectivity index (χ2v) is 5.15. The Morgan fingerprint density at radius 3 is 2.90 bits per heavy atom. The van der Waals surface area contributed by atoms with E-state index >= 15 is 0 Å². The zero-order valence-corrected chi connectivity index (χ0v) is 11.9. The minimum Gasteiger partial charge on any atom is -0.492 e. The summed E-state index contributed by atoms with van der Waals surface area (Å²) in [5.41, 5.74) is 0. The van der Waals surface area contributed by atoms with Gasteiger partial charge in [0.25, 0.3) is 0 Å². The third kappa shape index (κ3) is 3.52. The lowest BCUT2D eigenvalue weighted by Crippen LogP contribution is -2.36. The molecule has 3 rings (SSSR count). The summed E-state index contributed by atoms with van der Waals surface area (Å²) in [6.45, 7) is 1.63. The lowest BCUT2D eigenvalue weighted by Gasteiger charge is -2.11. The molecule has 1 aliphatic rings. The SMILES string of the molecule is O=C(NCCOc1ccc2ccccc2c1)C1CCCO1. The van der Waals surface area contributed by atoms with Gasteiger partial charge >= 0.3 is 0 Å². The molecular weight excluding hydrogens is 266 g/mol. The topological polar surface area (TPSA) is 47.6 Å². The summed E-state index contributed by atoms with van der Waals surface area (Å²) in [5.74, 6) is 0.787. The molecule has 1 N–H and O–H groups in total. The molecule has 1 amide bonds. The Morgan fingerprint density at radius 2 is 2.10 bits per heavy atom. The van der Waals surface area contributed by atoms with Gasteiger partial charge < -0.3 is 14.8 Å². The molecule has 4 heteroatoms. The molecule has 1 atom stereocenters. The van der Waals surface area contributed by atoms with Crippen LogP contribution < -0.4 is 10.1 Å². The van der Waals surface area contributed by atoms with Crippen molar-refractivity contribution in [1.29, 1.82) is 0 Å². The van der Waals surface area contributed by atoms with E-state index in [1.54, 1.807) is 0 Å². The van der Waals surface area contributed by atoms with Crippen LogP contribution in [0.3, 0.4) is 0 Å². The fourth-order valence-electron chi connectivity index (χ4n) is 2.50. The summed E-state index contributed by atoms with van der Waals surface area (Å²) >= 11 is 0. The van der Waals surface area contributed by atoms with Gasteiger partial charge in [0, 0.05) is 6.61 Å². The van der Waals surface area contributed by atoms with Gasteiger partial charge in [0.15, 0.2) is 0 Å². The van der Waals surface area contributed by atoms with Gasteiger partial charge in [0.05, 0.1) is 6.54 Å². The highest BCUT2D eigenvalue weighted by Crippen LogP contribution is 2.20. The fraction of sp³-hybridized carbons (Fsp3) is 0.353. The van der Waals surface area contributed by atoms with Gasteiger partial charge in [-0.15, -0.1) is 0 Å². The molecule has 1 fully saturated rings. The predicted molar refractivity (Wildman–Crippen MR) is 81.4 cm³/mol. The van der Waals surface area contributed by atoms with Crippen LogP contribution in [-0.4, -0.2) is 31.8 Å². The van der Waals surface area contributed by atoms with Crippen molar-refractivity contribution >= 4 is 16.7 Å². The molecular formula is C17H19NO3. The molecule has 2 aromatic rings. The van der Waals surface area contributed by atoms with E-state index < -0.39 is 0 Å². The Kier molecular flexibility index (Phi) is 4.36. The highest BCUT2D eigenvalue weighted by Gasteiger charge is 2.22. The monoisotopic (exact) mass is 285 g/mol. The first kappa shape index (κ1) is 13.9. The van der Waals surface area contributed by atoms with Gasteiger partial charge in [0.2, 0.25) is 5.91 Å². The van der Waals surface area contributed by atoms with Crippen molar-refractivity contribution in [3.8, 4) is 5.75 Å².